The number of methoxy groups -OCH3 is 1. The number of fused-ring (bicyclic) bond motifs is 3. The fourth-order valence-corrected chi connectivity index (χ4v) is 10.1. The lowest BCUT2D eigenvalue weighted by Crippen LogP contribution is -2.59. The van der Waals surface area contributed by atoms with Gasteiger partial charge in [-0.25, -0.2) is 4.79 Å². The first-order chi connectivity index (χ1) is 29.4. The molecule has 4 saturated heterocycles. The molecule has 1 spiro atoms. The van der Waals surface area contributed by atoms with Gasteiger partial charge in [-0.05, 0) is 83.6 Å². The quantitative estimate of drug-likeness (QED) is 0.141. The first-order valence-electron chi connectivity index (χ1n) is 23.4. The highest BCUT2D eigenvalue weighted by Crippen LogP contribution is 2.48. The molecule has 0 aromatic heterocycles. The zero-order valence-electron chi connectivity index (χ0n) is 39.0. The van der Waals surface area contributed by atoms with E-state index in [1.807, 2.05) is 32.9 Å². The Balaban J connectivity index is 1.49. The Morgan fingerprint density at radius 1 is 0.905 bits per heavy atom. The smallest absolute Gasteiger partial charge is 0.330 e. The zero-order chi connectivity index (χ0) is 46.7. The predicted octanol–water partition coefficient (Wildman–Crippen LogP) is 3.16. The van der Waals surface area contributed by atoms with Crippen LogP contribution in [-0.2, 0) is 38.0 Å². The molecule has 2 bridgehead atoms. The van der Waals surface area contributed by atoms with Crippen molar-refractivity contribution >= 4 is 5.97 Å². The summed E-state index contributed by atoms with van der Waals surface area (Å²) < 4.78 is 43.6. The van der Waals surface area contributed by atoms with Crippen molar-refractivity contribution in [2.24, 2.45) is 29.6 Å². The van der Waals surface area contributed by atoms with Gasteiger partial charge in [0.15, 0.2) is 17.9 Å². The molecule has 0 aromatic carbocycles. The van der Waals surface area contributed by atoms with Crippen molar-refractivity contribution in [3.8, 4) is 0 Å². The maximum Gasteiger partial charge on any atom is 0.330 e. The average molecular weight is 901 g/mol. The van der Waals surface area contributed by atoms with Gasteiger partial charge in [-0.2, -0.15) is 0 Å². The van der Waals surface area contributed by atoms with Crippen molar-refractivity contribution < 1.29 is 78.8 Å². The molecular weight excluding hydrogens is 821 g/mol. The molecule has 0 aromatic rings. The third kappa shape index (κ3) is 12.7. The van der Waals surface area contributed by atoms with Crippen molar-refractivity contribution in [1.29, 1.82) is 0 Å². The Labute approximate surface area is 373 Å². The van der Waals surface area contributed by atoms with Crippen LogP contribution in [0.3, 0.4) is 0 Å². The number of ether oxygens (including phenoxy) is 7. The SMILES string of the molecule is CC[C@@H](O)C[C@@H]1O[C@@]2(CC[C@@H]1C)C[C@@H]1OC(=O)/C=C/[C@@](C)(O)[C@@H](O)[C@@H](C)[C@@H](O)[C@H](OC3CC(OC)C(O)C(C)O3)[C@@H](O)[C@](C)(O)CCC/C=C/[C@@H]3C[C@H](C)CO[C@@]3(O)C[C@H](O2)[C@H]1C. The number of hydrogen-bond acceptors (Lipinski definition) is 16. The minimum atomic E-state index is -2.13. The molecule has 0 radical (unpaired) electrons. The van der Waals surface area contributed by atoms with Gasteiger partial charge in [0, 0.05) is 56.6 Å². The highest BCUT2D eigenvalue weighted by atomic mass is 16.7. The number of aliphatic hydroxyl groups is 8. The molecule has 5 heterocycles. The van der Waals surface area contributed by atoms with Crippen LogP contribution in [0.4, 0.5) is 0 Å². The third-order valence-electron chi connectivity index (χ3n) is 14.8. The fraction of sp³-hybridized carbons (Fsp3) is 0.894. The van der Waals surface area contributed by atoms with Gasteiger partial charge in [-0.15, -0.1) is 0 Å². The number of carbonyl (C=O) groups excluding carboxylic acids is 1. The van der Waals surface area contributed by atoms with Crippen LogP contribution in [0.1, 0.15) is 126 Å². The van der Waals surface area contributed by atoms with E-state index in [0.717, 1.165) is 18.6 Å². The summed E-state index contributed by atoms with van der Waals surface area (Å²) in [6.45, 7) is 14.0. The Morgan fingerprint density at radius 3 is 2.30 bits per heavy atom. The van der Waals surface area contributed by atoms with Crippen molar-refractivity contribution in [3.63, 3.8) is 0 Å². The van der Waals surface area contributed by atoms with Crippen LogP contribution in [0.2, 0.25) is 0 Å². The molecular formula is C47H80O16. The molecule has 364 valence electrons. The molecule has 5 aliphatic rings. The second-order valence-electron chi connectivity index (χ2n) is 20.2. The molecule has 8 N–H and O–H groups in total. The fourth-order valence-electron chi connectivity index (χ4n) is 10.1. The third-order valence-corrected chi connectivity index (χ3v) is 14.8. The van der Waals surface area contributed by atoms with Gasteiger partial charge < -0.3 is 74.0 Å². The van der Waals surface area contributed by atoms with E-state index >= 15 is 0 Å². The largest absolute Gasteiger partial charge is 0.459 e. The maximum absolute atomic E-state index is 13.7. The minimum Gasteiger partial charge on any atom is -0.459 e. The van der Waals surface area contributed by atoms with E-state index in [1.165, 1.54) is 27.9 Å². The van der Waals surface area contributed by atoms with Crippen molar-refractivity contribution in [2.45, 2.75) is 222 Å². The average Bonchev–Trinajstić information content (AvgIpc) is 3.23. The summed E-state index contributed by atoms with van der Waals surface area (Å²) in [5.41, 5.74) is -3.97. The summed E-state index contributed by atoms with van der Waals surface area (Å²) in [5.74, 6) is -5.51. The summed E-state index contributed by atoms with van der Waals surface area (Å²) in [4.78, 5) is 13.7. The van der Waals surface area contributed by atoms with Crippen LogP contribution in [-0.4, -0.2) is 157 Å². The number of hydrogen-bond donors (Lipinski definition) is 8. The summed E-state index contributed by atoms with van der Waals surface area (Å²) in [7, 11) is 1.43. The summed E-state index contributed by atoms with van der Waals surface area (Å²) in [6, 6.07) is 0. The molecule has 21 atom stereocenters. The highest BCUT2D eigenvalue weighted by molar-refractivity contribution is 5.82. The van der Waals surface area contributed by atoms with E-state index in [-0.39, 0.29) is 43.6 Å². The molecule has 0 saturated carbocycles. The van der Waals surface area contributed by atoms with E-state index in [2.05, 4.69) is 6.92 Å². The van der Waals surface area contributed by atoms with E-state index in [0.29, 0.717) is 45.1 Å². The molecule has 5 rings (SSSR count). The zero-order valence-corrected chi connectivity index (χ0v) is 39.0. The summed E-state index contributed by atoms with van der Waals surface area (Å²) >= 11 is 0. The van der Waals surface area contributed by atoms with E-state index in [1.54, 1.807) is 6.92 Å². The monoisotopic (exact) mass is 901 g/mol. The lowest BCUT2D eigenvalue weighted by molar-refractivity contribution is -0.362. The first kappa shape index (κ1) is 52.4. The minimum absolute atomic E-state index is 0.0294. The lowest BCUT2D eigenvalue weighted by Gasteiger charge is -2.53. The van der Waals surface area contributed by atoms with Crippen LogP contribution in [0, 0.1) is 29.6 Å². The number of aliphatic hydroxyl groups excluding tert-OH is 5. The second-order valence-corrected chi connectivity index (χ2v) is 20.2. The molecule has 63 heavy (non-hydrogen) atoms. The van der Waals surface area contributed by atoms with Crippen LogP contribution in [0.15, 0.2) is 24.3 Å². The first-order valence-corrected chi connectivity index (χ1v) is 23.4. The van der Waals surface area contributed by atoms with Crippen molar-refractivity contribution in [2.75, 3.05) is 13.7 Å². The number of carbonyl (C=O) groups is 1. The van der Waals surface area contributed by atoms with Gasteiger partial charge in [0.25, 0.3) is 0 Å². The van der Waals surface area contributed by atoms with Gasteiger partial charge in [-0.3, -0.25) is 0 Å². The van der Waals surface area contributed by atoms with Gasteiger partial charge >= 0.3 is 5.97 Å². The van der Waals surface area contributed by atoms with Crippen LogP contribution in [0.25, 0.3) is 0 Å². The van der Waals surface area contributed by atoms with Gasteiger partial charge in [-0.1, -0.05) is 46.8 Å². The summed E-state index contributed by atoms with van der Waals surface area (Å²) in [6.07, 6.45) is -2.72. The molecule has 0 aliphatic carbocycles. The van der Waals surface area contributed by atoms with E-state index in [9.17, 15) is 45.6 Å². The van der Waals surface area contributed by atoms with Gasteiger partial charge in [0.2, 0.25) is 0 Å². The Bertz CT molecular complexity index is 1520. The van der Waals surface area contributed by atoms with Crippen LogP contribution in [0.5, 0.6) is 0 Å². The topological polar surface area (TPSA) is 244 Å². The number of esters is 1. The van der Waals surface area contributed by atoms with Crippen LogP contribution >= 0.6 is 0 Å². The molecule has 4 unspecified atom stereocenters. The Hall–Kier alpha value is -1.61. The van der Waals surface area contributed by atoms with E-state index in [4.69, 9.17) is 33.2 Å². The number of allylic oxidation sites excluding steroid dienone is 1. The van der Waals surface area contributed by atoms with Crippen LogP contribution < -0.4 is 0 Å². The van der Waals surface area contributed by atoms with Gasteiger partial charge in [0.1, 0.15) is 30.0 Å². The predicted molar refractivity (Wildman–Crippen MR) is 229 cm³/mol. The van der Waals surface area contributed by atoms with Crippen molar-refractivity contribution in [1.82, 2.24) is 0 Å². The number of rotatable bonds is 6. The molecule has 5 aliphatic heterocycles. The lowest BCUT2D eigenvalue weighted by atomic mass is 9.77. The second kappa shape index (κ2) is 21.6. The Kier molecular flexibility index (Phi) is 17.9. The van der Waals surface area contributed by atoms with Gasteiger partial charge in [0.05, 0.1) is 54.9 Å². The Morgan fingerprint density at radius 2 is 1.62 bits per heavy atom. The molecule has 16 nitrogen and oxygen atoms in total. The highest BCUT2D eigenvalue weighted by Gasteiger charge is 2.55. The maximum atomic E-state index is 13.7. The normalized spacial score (nSPS) is 50.3. The molecule has 4 fully saturated rings. The van der Waals surface area contributed by atoms with E-state index < -0.39 is 114 Å². The summed E-state index contributed by atoms with van der Waals surface area (Å²) in [5, 5.41) is 92.3. The molecule has 0 amide bonds. The van der Waals surface area contributed by atoms with Crippen molar-refractivity contribution in [3.05, 3.63) is 24.3 Å². The molecule has 16 heteroatoms. The standard InChI is InChI=1S/C47H80O16/c1-10-32(48)21-33-27(3)15-19-46(62-33)23-35-28(4)36(63-46)24-47(56)31(20-26(2)25-58-47)14-12-11-13-17-44(7,54)43(53)41(61-38-22-34(57-9)40(51)30(6)59-38)39(50)29(5)42(52)45(8,55)18-16-37(49)60-35/h12,14,16,18,26-36,38-43,48,50-56H,10-11,13,15,17,19-25H2,1-9H3/b14-12+,18-16+/t26-,27-,28-,29-,30?,31+,32+,33-,34?,35-,36-,38?,39+,40?,41-,42-,43+,44+,45+,46+,47-/m0/s1.